The molecule has 0 spiro atoms. The highest BCUT2D eigenvalue weighted by atomic mass is 16.5. The van der Waals surface area contributed by atoms with Crippen LogP contribution in [0.1, 0.15) is 64.3 Å². The van der Waals surface area contributed by atoms with E-state index >= 15 is 0 Å². The van der Waals surface area contributed by atoms with Crippen LogP contribution < -0.4 is 15.8 Å². The van der Waals surface area contributed by atoms with Crippen LogP contribution in [0.15, 0.2) is 36.4 Å². The van der Waals surface area contributed by atoms with Gasteiger partial charge in [0.15, 0.2) is 0 Å². The van der Waals surface area contributed by atoms with Crippen molar-refractivity contribution in [3.05, 3.63) is 47.7 Å². The summed E-state index contributed by atoms with van der Waals surface area (Å²) in [7, 11) is 3.60. The first kappa shape index (κ1) is 31.1. The number of fused-ring (bicyclic) bond motifs is 1. The lowest BCUT2D eigenvalue weighted by molar-refractivity contribution is -0.0980. The average molecular weight is 496 g/mol. The maximum Gasteiger partial charge on any atom is 0.121 e. The van der Waals surface area contributed by atoms with Gasteiger partial charge in [-0.25, -0.2) is 0 Å². The highest BCUT2D eigenvalue weighted by Gasteiger charge is 2.28. The lowest BCUT2D eigenvalue weighted by Gasteiger charge is -2.30. The maximum absolute atomic E-state index is 10.1. The fourth-order valence-electron chi connectivity index (χ4n) is 4.08. The zero-order chi connectivity index (χ0) is 27.1. The van der Waals surface area contributed by atoms with Crippen molar-refractivity contribution in [2.45, 2.75) is 59.0 Å². The summed E-state index contributed by atoms with van der Waals surface area (Å²) in [6.07, 6.45) is 9.97. The molecule has 0 bridgehead atoms. The molecule has 1 aromatic heterocycles. The van der Waals surface area contributed by atoms with Gasteiger partial charge in [0.2, 0.25) is 0 Å². The molecule has 3 rings (SSSR count). The molecule has 0 atom stereocenters. The number of rotatable bonds is 11. The van der Waals surface area contributed by atoms with Crippen LogP contribution in [-0.4, -0.2) is 62.6 Å². The van der Waals surface area contributed by atoms with Gasteiger partial charge in [-0.15, -0.1) is 0 Å². The van der Waals surface area contributed by atoms with Crippen LogP contribution in [0.25, 0.3) is 16.5 Å². The first-order valence-corrected chi connectivity index (χ1v) is 12.8. The van der Waals surface area contributed by atoms with E-state index in [0.29, 0.717) is 18.7 Å². The summed E-state index contributed by atoms with van der Waals surface area (Å²) in [5.41, 5.74) is 8.51. The zero-order valence-electron chi connectivity index (χ0n) is 23.0. The van der Waals surface area contributed by atoms with Crippen molar-refractivity contribution in [2.75, 3.05) is 40.3 Å². The number of nitrogens with two attached hydrogens (primary N) is 1. The molecule has 0 saturated heterocycles. The molecule has 1 fully saturated rings. The number of hydrogen-bond donors (Lipinski definition) is 2. The largest absolute Gasteiger partial charge is 0.492 e. The number of nitrogens with zero attached hydrogens (tertiary/aromatic N) is 3. The van der Waals surface area contributed by atoms with E-state index in [1.165, 1.54) is 13.5 Å². The average Bonchev–Trinajstić information content (AvgIpc) is 3.18. The van der Waals surface area contributed by atoms with Crippen molar-refractivity contribution < 1.29 is 9.53 Å². The number of allylic oxidation sites excluding steroid dienone is 3. The standard InChI is InChI=1S/C27H38N4O.CH5N.CH2O/c1-6-21(10-9-15-29-20(3)4)27-25(19-28)24-14-13-23(32-17-16-30(5)7-2)18-26(24)31(27)22-11-8-12-22;2*1-2/h6,9-10,13-14,18,20,22,29H,7-8,11-12,15-17H2,1-5H3;2H2,1H3;1H2/b10-9-,21-6+;;. The molecule has 3 N–H and O–H groups in total. The quantitative estimate of drug-likeness (QED) is 0.430. The smallest absolute Gasteiger partial charge is 0.121 e. The third-order valence-electron chi connectivity index (χ3n) is 6.33. The molecule has 1 aromatic carbocycles. The van der Waals surface area contributed by atoms with E-state index in [1.807, 2.05) is 12.9 Å². The number of likely N-dealkylation sites (N-methyl/N-ethyl adjacent to an activating group) is 1. The van der Waals surface area contributed by atoms with Crippen LogP contribution >= 0.6 is 0 Å². The van der Waals surface area contributed by atoms with Gasteiger partial charge >= 0.3 is 0 Å². The topological polar surface area (TPSA) is 96.3 Å². The predicted octanol–water partition coefficient (Wildman–Crippen LogP) is 4.92. The molecule has 1 aliphatic carbocycles. The second-order valence-corrected chi connectivity index (χ2v) is 8.92. The van der Waals surface area contributed by atoms with E-state index in [1.54, 1.807) is 0 Å². The second kappa shape index (κ2) is 16.7. The summed E-state index contributed by atoms with van der Waals surface area (Å²) >= 11 is 0. The number of aromatic nitrogens is 1. The number of nitriles is 1. The number of carbonyl (C=O) groups is 1. The fourth-order valence-corrected chi connectivity index (χ4v) is 4.08. The Kier molecular flexibility index (Phi) is 14.4. The zero-order valence-corrected chi connectivity index (χ0v) is 23.0. The maximum atomic E-state index is 10.1. The Morgan fingerprint density at radius 1 is 1.36 bits per heavy atom. The van der Waals surface area contributed by atoms with Crippen LogP contribution in [0.4, 0.5) is 0 Å². The summed E-state index contributed by atoms with van der Waals surface area (Å²) in [5.74, 6) is 0.870. The Balaban J connectivity index is 0.00000154. The normalized spacial score (nSPS) is 13.7. The van der Waals surface area contributed by atoms with Gasteiger partial charge in [0.1, 0.15) is 25.2 Å². The minimum atomic E-state index is 0.438. The van der Waals surface area contributed by atoms with Crippen molar-refractivity contribution in [1.29, 1.82) is 5.26 Å². The molecule has 2 aromatic rings. The van der Waals surface area contributed by atoms with Gasteiger partial charge in [-0.1, -0.05) is 39.0 Å². The SMILES string of the molecule is C/C=C(\C=C/CNC(C)C)c1c(C#N)c2ccc(OCCN(C)CC)cc2n1C1CCC1.C=O.CN. The predicted molar refractivity (Wildman–Crippen MR) is 151 cm³/mol. The molecule has 198 valence electrons. The fraction of sp³-hybridized carbons (Fsp3) is 0.517. The van der Waals surface area contributed by atoms with Crippen molar-refractivity contribution in [3.8, 4) is 11.8 Å². The Bertz CT molecular complexity index is 1030. The monoisotopic (exact) mass is 495 g/mol. The molecule has 36 heavy (non-hydrogen) atoms. The lowest BCUT2D eigenvalue weighted by atomic mass is 9.92. The number of carbonyl (C=O) groups excluding carboxylic acids is 1. The molecule has 7 nitrogen and oxygen atoms in total. The van der Waals surface area contributed by atoms with Crippen molar-refractivity contribution in [3.63, 3.8) is 0 Å². The van der Waals surface area contributed by atoms with Crippen LogP contribution in [-0.2, 0) is 4.79 Å². The number of hydrogen-bond acceptors (Lipinski definition) is 6. The second-order valence-electron chi connectivity index (χ2n) is 8.92. The van der Waals surface area contributed by atoms with E-state index in [4.69, 9.17) is 9.53 Å². The van der Waals surface area contributed by atoms with Crippen molar-refractivity contribution in [2.24, 2.45) is 5.73 Å². The minimum Gasteiger partial charge on any atom is -0.492 e. The molecule has 0 amide bonds. The van der Waals surface area contributed by atoms with Gasteiger partial charge in [0.25, 0.3) is 0 Å². The van der Waals surface area contributed by atoms with Crippen molar-refractivity contribution in [1.82, 2.24) is 14.8 Å². The lowest BCUT2D eigenvalue weighted by Crippen LogP contribution is -2.23. The van der Waals surface area contributed by atoms with Crippen molar-refractivity contribution >= 4 is 23.3 Å². The summed E-state index contributed by atoms with van der Waals surface area (Å²) in [4.78, 5) is 10.2. The Labute approximate surface area is 217 Å². The molecule has 0 unspecified atom stereocenters. The summed E-state index contributed by atoms with van der Waals surface area (Å²) in [6, 6.07) is 9.58. The Morgan fingerprint density at radius 2 is 2.06 bits per heavy atom. The third kappa shape index (κ3) is 8.06. The summed E-state index contributed by atoms with van der Waals surface area (Å²) in [6.45, 7) is 13.9. The molecule has 0 aliphatic heterocycles. The third-order valence-corrected chi connectivity index (χ3v) is 6.33. The summed E-state index contributed by atoms with van der Waals surface area (Å²) in [5, 5.41) is 14.6. The highest BCUT2D eigenvalue weighted by molar-refractivity contribution is 5.95. The summed E-state index contributed by atoms with van der Waals surface area (Å²) < 4.78 is 8.47. The van der Waals surface area contributed by atoms with Crippen LogP contribution in [0, 0.1) is 11.3 Å². The van der Waals surface area contributed by atoms with Gasteiger partial charge in [-0.2, -0.15) is 5.26 Å². The Morgan fingerprint density at radius 3 is 2.58 bits per heavy atom. The van der Waals surface area contributed by atoms with Gasteiger partial charge in [0, 0.05) is 36.6 Å². The number of benzene rings is 1. The van der Waals surface area contributed by atoms with E-state index in [2.05, 4.69) is 91.7 Å². The first-order chi connectivity index (χ1) is 17.5. The van der Waals surface area contributed by atoms with E-state index in [-0.39, 0.29) is 0 Å². The Hall–Kier alpha value is -2.92. The molecule has 1 heterocycles. The van der Waals surface area contributed by atoms with Crippen LogP contribution in [0.5, 0.6) is 5.75 Å². The van der Waals surface area contributed by atoms with Gasteiger partial charge in [-0.3, -0.25) is 0 Å². The molecular weight excluding hydrogens is 450 g/mol. The molecule has 0 radical (unpaired) electrons. The van der Waals surface area contributed by atoms with Crippen LogP contribution in [0.3, 0.4) is 0 Å². The molecule has 1 aliphatic rings. The molecular formula is C29H45N5O2. The van der Waals surface area contributed by atoms with E-state index in [0.717, 1.165) is 66.0 Å². The number of ether oxygens (including phenoxy) is 1. The van der Waals surface area contributed by atoms with E-state index in [9.17, 15) is 5.26 Å². The first-order valence-electron chi connectivity index (χ1n) is 12.8. The number of nitrogens with one attached hydrogen (secondary N) is 1. The van der Waals surface area contributed by atoms with Gasteiger partial charge in [-0.05, 0) is 64.5 Å². The van der Waals surface area contributed by atoms with Gasteiger partial charge in [0.05, 0.1) is 16.8 Å². The molecule has 7 heteroatoms. The highest BCUT2D eigenvalue weighted by Crippen LogP contribution is 2.42. The van der Waals surface area contributed by atoms with E-state index < -0.39 is 0 Å². The minimum absolute atomic E-state index is 0.438. The van der Waals surface area contributed by atoms with Crippen LogP contribution in [0.2, 0.25) is 0 Å². The van der Waals surface area contributed by atoms with Gasteiger partial charge < -0.3 is 30.0 Å². The molecule has 1 saturated carbocycles.